The van der Waals surface area contributed by atoms with Crippen LogP contribution in [0.3, 0.4) is 0 Å². The number of anilines is 1. The van der Waals surface area contributed by atoms with Gasteiger partial charge in [0.05, 0.1) is 11.8 Å². The fraction of sp³-hybridized carbons (Fsp3) is 0.350. The van der Waals surface area contributed by atoms with Gasteiger partial charge < -0.3 is 15.0 Å². The molecule has 1 aromatic heterocycles. The van der Waals surface area contributed by atoms with Crippen LogP contribution >= 0.6 is 0 Å². The van der Waals surface area contributed by atoms with Crippen LogP contribution in [0, 0.1) is 0 Å². The van der Waals surface area contributed by atoms with Gasteiger partial charge in [0.25, 0.3) is 11.8 Å². The summed E-state index contributed by atoms with van der Waals surface area (Å²) in [4.78, 5) is 31.0. The SMILES string of the molecule is CC(C)Oc1ccccc1NC(=O)c1ccnc(C(=O)N2CCCC2)c1. The Bertz CT molecular complexity index is 798. The van der Waals surface area contributed by atoms with E-state index in [1.165, 1.54) is 6.20 Å². The summed E-state index contributed by atoms with van der Waals surface area (Å²) in [6, 6.07) is 10.4. The molecule has 6 heteroatoms. The van der Waals surface area contributed by atoms with Crippen LogP contribution in [0.4, 0.5) is 5.69 Å². The summed E-state index contributed by atoms with van der Waals surface area (Å²) in [5.74, 6) is 0.182. The Morgan fingerprint density at radius 3 is 2.62 bits per heavy atom. The average Bonchev–Trinajstić information content (AvgIpc) is 3.17. The molecule has 1 aliphatic rings. The van der Waals surface area contributed by atoms with Crippen LogP contribution < -0.4 is 10.1 Å². The lowest BCUT2D eigenvalue weighted by atomic mass is 10.2. The summed E-state index contributed by atoms with van der Waals surface area (Å²) in [5, 5.41) is 2.85. The summed E-state index contributed by atoms with van der Waals surface area (Å²) in [5.41, 5.74) is 1.28. The van der Waals surface area contributed by atoms with Gasteiger partial charge in [0, 0.05) is 24.8 Å². The first kappa shape index (κ1) is 17.9. The van der Waals surface area contributed by atoms with E-state index in [0.717, 1.165) is 25.9 Å². The largest absolute Gasteiger partial charge is 0.489 e. The molecule has 0 bridgehead atoms. The Kier molecular flexibility index (Phi) is 5.51. The maximum absolute atomic E-state index is 12.6. The van der Waals surface area contributed by atoms with Crippen molar-refractivity contribution in [2.45, 2.75) is 32.8 Å². The van der Waals surface area contributed by atoms with Crippen molar-refractivity contribution >= 4 is 17.5 Å². The van der Waals surface area contributed by atoms with Gasteiger partial charge in [-0.3, -0.25) is 14.6 Å². The van der Waals surface area contributed by atoms with Crippen molar-refractivity contribution in [3.05, 3.63) is 53.9 Å². The molecule has 0 unspecified atom stereocenters. The van der Waals surface area contributed by atoms with E-state index in [-0.39, 0.29) is 17.9 Å². The number of aromatic nitrogens is 1. The van der Waals surface area contributed by atoms with Crippen molar-refractivity contribution in [2.24, 2.45) is 0 Å². The predicted octanol–water partition coefficient (Wildman–Crippen LogP) is 3.36. The summed E-state index contributed by atoms with van der Waals surface area (Å²) in [6.07, 6.45) is 3.52. The van der Waals surface area contributed by atoms with Crippen LogP contribution in [0.1, 0.15) is 47.5 Å². The second-order valence-corrected chi connectivity index (χ2v) is 6.55. The first-order chi connectivity index (χ1) is 12.5. The second-order valence-electron chi connectivity index (χ2n) is 6.55. The quantitative estimate of drug-likeness (QED) is 0.895. The zero-order valence-corrected chi connectivity index (χ0v) is 15.1. The van der Waals surface area contributed by atoms with E-state index in [2.05, 4.69) is 10.3 Å². The number of para-hydroxylation sites is 2. The van der Waals surface area contributed by atoms with Crippen LogP contribution in [-0.4, -0.2) is 40.9 Å². The number of likely N-dealkylation sites (tertiary alicyclic amines) is 1. The maximum atomic E-state index is 12.6. The van der Waals surface area contributed by atoms with Crippen LogP contribution in [0.2, 0.25) is 0 Å². The van der Waals surface area contributed by atoms with Gasteiger partial charge in [-0.1, -0.05) is 12.1 Å². The van der Waals surface area contributed by atoms with Crippen LogP contribution in [0.5, 0.6) is 5.75 Å². The summed E-state index contributed by atoms with van der Waals surface area (Å²) < 4.78 is 5.72. The average molecular weight is 353 g/mol. The number of hydrogen-bond donors (Lipinski definition) is 1. The normalized spacial score (nSPS) is 13.7. The van der Waals surface area contributed by atoms with Crippen molar-refractivity contribution in [1.29, 1.82) is 0 Å². The van der Waals surface area contributed by atoms with Gasteiger partial charge >= 0.3 is 0 Å². The fourth-order valence-corrected chi connectivity index (χ4v) is 2.89. The molecule has 1 aromatic carbocycles. The number of carbonyl (C=O) groups excluding carboxylic acids is 2. The lowest BCUT2D eigenvalue weighted by Crippen LogP contribution is -2.28. The Morgan fingerprint density at radius 1 is 1.15 bits per heavy atom. The minimum Gasteiger partial charge on any atom is -0.489 e. The number of nitrogens with zero attached hydrogens (tertiary/aromatic N) is 2. The van der Waals surface area contributed by atoms with Gasteiger partial charge in [-0.05, 0) is 51.0 Å². The van der Waals surface area contributed by atoms with E-state index in [9.17, 15) is 9.59 Å². The van der Waals surface area contributed by atoms with E-state index in [1.54, 1.807) is 23.1 Å². The standard InChI is InChI=1S/C20H23N3O3/c1-14(2)26-18-8-4-3-7-16(18)22-19(24)15-9-10-21-17(13-15)20(25)23-11-5-6-12-23/h3-4,7-10,13-14H,5-6,11-12H2,1-2H3,(H,22,24). The Hall–Kier alpha value is -2.89. The molecule has 1 N–H and O–H groups in total. The van der Waals surface area contributed by atoms with Crippen molar-refractivity contribution in [1.82, 2.24) is 9.88 Å². The molecule has 3 rings (SSSR count). The molecule has 1 aliphatic heterocycles. The molecule has 0 atom stereocenters. The van der Waals surface area contributed by atoms with E-state index in [4.69, 9.17) is 4.74 Å². The molecular weight excluding hydrogens is 330 g/mol. The Balaban J connectivity index is 1.76. The minimum atomic E-state index is -0.303. The molecular formula is C20H23N3O3. The minimum absolute atomic E-state index is 0.00124. The summed E-state index contributed by atoms with van der Waals surface area (Å²) in [7, 11) is 0. The van der Waals surface area contributed by atoms with Gasteiger partial charge in [-0.2, -0.15) is 0 Å². The van der Waals surface area contributed by atoms with Gasteiger partial charge in [-0.25, -0.2) is 0 Å². The molecule has 0 spiro atoms. The molecule has 6 nitrogen and oxygen atoms in total. The first-order valence-electron chi connectivity index (χ1n) is 8.87. The molecule has 2 aromatic rings. The van der Waals surface area contributed by atoms with Gasteiger partial charge in [0.1, 0.15) is 11.4 Å². The number of nitrogens with one attached hydrogen (secondary N) is 1. The maximum Gasteiger partial charge on any atom is 0.272 e. The smallest absolute Gasteiger partial charge is 0.272 e. The summed E-state index contributed by atoms with van der Waals surface area (Å²) in [6.45, 7) is 5.35. The van der Waals surface area contributed by atoms with Crippen molar-refractivity contribution in [3.8, 4) is 5.75 Å². The van der Waals surface area contributed by atoms with E-state index in [0.29, 0.717) is 22.7 Å². The molecule has 2 amide bonds. The number of hydrogen-bond acceptors (Lipinski definition) is 4. The van der Waals surface area contributed by atoms with Crippen LogP contribution in [0.15, 0.2) is 42.6 Å². The van der Waals surface area contributed by atoms with Crippen LogP contribution in [0.25, 0.3) is 0 Å². The molecule has 1 fully saturated rings. The summed E-state index contributed by atoms with van der Waals surface area (Å²) >= 11 is 0. The van der Waals surface area contributed by atoms with Gasteiger partial charge in [0.2, 0.25) is 0 Å². The predicted molar refractivity (Wildman–Crippen MR) is 99.5 cm³/mol. The zero-order chi connectivity index (χ0) is 18.5. The monoisotopic (exact) mass is 353 g/mol. The van der Waals surface area contributed by atoms with Crippen molar-refractivity contribution in [3.63, 3.8) is 0 Å². The van der Waals surface area contributed by atoms with Gasteiger partial charge in [-0.15, -0.1) is 0 Å². The third-order valence-corrected chi connectivity index (χ3v) is 4.13. The highest BCUT2D eigenvalue weighted by atomic mass is 16.5. The molecule has 26 heavy (non-hydrogen) atoms. The van der Waals surface area contributed by atoms with Crippen LogP contribution in [-0.2, 0) is 0 Å². The fourth-order valence-electron chi connectivity index (χ4n) is 2.89. The number of rotatable bonds is 5. The number of amides is 2. The van der Waals surface area contributed by atoms with E-state index in [1.807, 2.05) is 32.0 Å². The molecule has 2 heterocycles. The number of ether oxygens (including phenoxy) is 1. The third kappa shape index (κ3) is 4.20. The lowest BCUT2D eigenvalue weighted by Gasteiger charge is -2.16. The molecule has 0 aliphatic carbocycles. The molecule has 136 valence electrons. The Morgan fingerprint density at radius 2 is 1.88 bits per heavy atom. The second kappa shape index (κ2) is 7.99. The topological polar surface area (TPSA) is 71.5 Å². The highest BCUT2D eigenvalue weighted by Crippen LogP contribution is 2.25. The van der Waals surface area contributed by atoms with E-state index >= 15 is 0 Å². The van der Waals surface area contributed by atoms with Crippen molar-refractivity contribution in [2.75, 3.05) is 18.4 Å². The highest BCUT2D eigenvalue weighted by Gasteiger charge is 2.21. The zero-order valence-electron chi connectivity index (χ0n) is 15.1. The molecule has 0 radical (unpaired) electrons. The van der Waals surface area contributed by atoms with Gasteiger partial charge in [0.15, 0.2) is 0 Å². The first-order valence-corrected chi connectivity index (χ1v) is 8.87. The number of carbonyl (C=O) groups is 2. The molecule has 0 saturated carbocycles. The number of benzene rings is 1. The highest BCUT2D eigenvalue weighted by molar-refractivity contribution is 6.06. The number of pyridine rings is 1. The Labute approximate surface area is 153 Å². The lowest BCUT2D eigenvalue weighted by molar-refractivity contribution is 0.0787. The molecule has 1 saturated heterocycles. The van der Waals surface area contributed by atoms with Crippen molar-refractivity contribution < 1.29 is 14.3 Å². The third-order valence-electron chi connectivity index (χ3n) is 4.13. The van der Waals surface area contributed by atoms with E-state index < -0.39 is 0 Å².